The van der Waals surface area contributed by atoms with E-state index in [2.05, 4.69) is 6.07 Å². The Hall–Kier alpha value is -1.39. The first kappa shape index (κ1) is 17.0. The number of methoxy groups -OCH3 is 1. The summed E-state index contributed by atoms with van der Waals surface area (Å²) in [5, 5.41) is 0. The molecule has 22 heavy (non-hydrogen) atoms. The van der Waals surface area contributed by atoms with Crippen molar-refractivity contribution in [3.8, 4) is 0 Å². The van der Waals surface area contributed by atoms with Crippen molar-refractivity contribution in [3.05, 3.63) is 29.3 Å². The highest BCUT2D eigenvalue weighted by Gasteiger charge is 2.26. The lowest BCUT2D eigenvalue weighted by Gasteiger charge is -2.29. The molecule has 0 bridgehead atoms. The minimum atomic E-state index is 0.167. The van der Waals surface area contributed by atoms with Gasteiger partial charge in [0.15, 0.2) is 0 Å². The number of benzene rings is 1. The average Bonchev–Trinajstić information content (AvgIpc) is 2.56. The van der Waals surface area contributed by atoms with Gasteiger partial charge in [-0.25, -0.2) is 0 Å². The molecule has 0 unspecified atom stereocenters. The van der Waals surface area contributed by atoms with Gasteiger partial charge in [-0.3, -0.25) is 4.79 Å². The van der Waals surface area contributed by atoms with Crippen molar-refractivity contribution >= 4 is 11.6 Å². The largest absolute Gasteiger partial charge is 0.383 e. The van der Waals surface area contributed by atoms with Gasteiger partial charge in [-0.2, -0.15) is 0 Å². The second-order valence-electron chi connectivity index (χ2n) is 6.13. The second-order valence-corrected chi connectivity index (χ2v) is 6.13. The maximum absolute atomic E-state index is 12.9. The number of nitrogens with two attached hydrogens (primary N) is 1. The molecule has 4 nitrogen and oxygen atoms in total. The van der Waals surface area contributed by atoms with Gasteiger partial charge in [-0.1, -0.05) is 25.3 Å². The Morgan fingerprint density at radius 2 is 2.05 bits per heavy atom. The lowest BCUT2D eigenvalue weighted by molar-refractivity contribution is -0.123. The number of hydrogen-bond donors (Lipinski definition) is 1. The van der Waals surface area contributed by atoms with Crippen LogP contribution in [0.2, 0.25) is 0 Å². The maximum Gasteiger partial charge on any atom is 0.230 e. The summed E-state index contributed by atoms with van der Waals surface area (Å²) < 4.78 is 5.19. The zero-order valence-electron chi connectivity index (χ0n) is 13.8. The van der Waals surface area contributed by atoms with Crippen molar-refractivity contribution in [2.24, 2.45) is 11.7 Å². The molecule has 1 aliphatic rings. The molecule has 4 heteroatoms. The number of anilines is 1. The first-order valence-electron chi connectivity index (χ1n) is 8.27. The van der Waals surface area contributed by atoms with Crippen LogP contribution in [-0.4, -0.2) is 26.2 Å². The Bertz CT molecular complexity index is 496. The Labute approximate surface area is 133 Å². The highest BCUT2D eigenvalue weighted by atomic mass is 16.5. The molecule has 0 heterocycles. The summed E-state index contributed by atoms with van der Waals surface area (Å²) in [7, 11) is 1.67. The fraction of sp³-hybridized carbons (Fsp3) is 0.611. The van der Waals surface area contributed by atoms with Crippen LogP contribution in [0.5, 0.6) is 0 Å². The first-order valence-corrected chi connectivity index (χ1v) is 8.27. The van der Waals surface area contributed by atoms with Crippen LogP contribution in [0.3, 0.4) is 0 Å². The van der Waals surface area contributed by atoms with Crippen LogP contribution in [0.4, 0.5) is 5.69 Å². The van der Waals surface area contributed by atoms with Gasteiger partial charge >= 0.3 is 0 Å². The van der Waals surface area contributed by atoms with Crippen molar-refractivity contribution in [2.45, 2.75) is 45.6 Å². The fourth-order valence-corrected chi connectivity index (χ4v) is 3.20. The van der Waals surface area contributed by atoms with Crippen LogP contribution in [0.1, 0.15) is 43.2 Å². The minimum absolute atomic E-state index is 0.167. The zero-order valence-corrected chi connectivity index (χ0v) is 13.8. The van der Waals surface area contributed by atoms with Gasteiger partial charge < -0.3 is 15.4 Å². The molecule has 1 saturated carbocycles. The van der Waals surface area contributed by atoms with Crippen molar-refractivity contribution in [3.63, 3.8) is 0 Å². The molecule has 1 aliphatic carbocycles. The van der Waals surface area contributed by atoms with E-state index in [-0.39, 0.29) is 11.8 Å². The van der Waals surface area contributed by atoms with Crippen molar-refractivity contribution < 1.29 is 9.53 Å². The minimum Gasteiger partial charge on any atom is -0.383 e. The van der Waals surface area contributed by atoms with E-state index in [0.29, 0.717) is 19.7 Å². The van der Waals surface area contributed by atoms with Crippen molar-refractivity contribution in [1.29, 1.82) is 0 Å². The summed E-state index contributed by atoms with van der Waals surface area (Å²) in [6.07, 6.45) is 5.62. The number of ether oxygens (including phenoxy) is 1. The second kappa shape index (κ2) is 8.30. The number of nitrogens with zero attached hydrogens (tertiary/aromatic N) is 1. The van der Waals surface area contributed by atoms with Gasteiger partial charge in [0.1, 0.15) is 0 Å². The summed E-state index contributed by atoms with van der Waals surface area (Å²) in [5.41, 5.74) is 8.96. The van der Waals surface area contributed by atoms with Crippen LogP contribution in [-0.2, 0) is 16.1 Å². The van der Waals surface area contributed by atoms with Crippen LogP contribution in [0.15, 0.2) is 18.2 Å². The number of aryl methyl sites for hydroxylation is 1. The monoisotopic (exact) mass is 304 g/mol. The molecule has 2 rings (SSSR count). The van der Waals surface area contributed by atoms with Gasteiger partial charge in [-0.15, -0.1) is 0 Å². The van der Waals surface area contributed by atoms with Crippen LogP contribution in [0, 0.1) is 12.8 Å². The van der Waals surface area contributed by atoms with E-state index in [9.17, 15) is 4.79 Å². The Kier molecular flexibility index (Phi) is 6.40. The predicted molar refractivity (Wildman–Crippen MR) is 89.9 cm³/mol. The molecule has 0 aromatic heterocycles. The molecule has 1 aromatic carbocycles. The predicted octanol–water partition coefficient (Wildman–Crippen LogP) is 3.01. The molecule has 1 aromatic rings. The van der Waals surface area contributed by atoms with Gasteiger partial charge in [-0.05, 0) is 43.0 Å². The fourth-order valence-electron chi connectivity index (χ4n) is 3.20. The van der Waals surface area contributed by atoms with E-state index in [1.165, 1.54) is 19.3 Å². The topological polar surface area (TPSA) is 55.6 Å². The smallest absolute Gasteiger partial charge is 0.230 e. The highest BCUT2D eigenvalue weighted by Crippen LogP contribution is 2.28. The van der Waals surface area contributed by atoms with E-state index < -0.39 is 0 Å². The number of hydrogen-bond acceptors (Lipinski definition) is 3. The van der Waals surface area contributed by atoms with Crippen LogP contribution >= 0.6 is 0 Å². The third-order valence-corrected chi connectivity index (χ3v) is 4.60. The van der Waals surface area contributed by atoms with Gasteiger partial charge in [0.25, 0.3) is 0 Å². The molecule has 0 saturated heterocycles. The first-order chi connectivity index (χ1) is 10.7. The summed E-state index contributed by atoms with van der Waals surface area (Å²) in [6, 6.07) is 6.10. The lowest BCUT2D eigenvalue weighted by atomic mass is 9.88. The van der Waals surface area contributed by atoms with E-state index >= 15 is 0 Å². The van der Waals surface area contributed by atoms with Gasteiger partial charge in [0.05, 0.1) is 6.61 Å². The molecular weight excluding hydrogens is 276 g/mol. The Morgan fingerprint density at radius 1 is 1.32 bits per heavy atom. The molecule has 0 atom stereocenters. The molecule has 0 radical (unpaired) electrons. The van der Waals surface area contributed by atoms with Gasteiger partial charge in [0, 0.05) is 31.8 Å². The maximum atomic E-state index is 12.9. The lowest BCUT2D eigenvalue weighted by Crippen LogP contribution is -2.39. The number of rotatable bonds is 6. The van der Waals surface area contributed by atoms with Crippen LogP contribution in [0.25, 0.3) is 0 Å². The molecule has 1 amide bonds. The molecule has 0 aliphatic heterocycles. The molecule has 122 valence electrons. The summed E-state index contributed by atoms with van der Waals surface area (Å²) >= 11 is 0. The number of amides is 1. The number of carbonyl (C=O) groups excluding carboxylic acids is 1. The van der Waals surface area contributed by atoms with E-state index in [1.807, 2.05) is 24.0 Å². The zero-order chi connectivity index (χ0) is 15.9. The quantitative estimate of drug-likeness (QED) is 0.879. The standard InChI is InChI=1S/C18H28N2O2/c1-14-12-17(9-8-16(14)13-19)20(10-11-22-2)18(21)15-6-4-3-5-7-15/h8-9,12,15H,3-7,10-11,13,19H2,1-2H3. The molecule has 1 fully saturated rings. The number of carbonyl (C=O) groups is 1. The SMILES string of the molecule is COCCN(C(=O)C1CCCCC1)c1ccc(CN)c(C)c1. The summed E-state index contributed by atoms with van der Waals surface area (Å²) in [6.45, 7) is 3.73. The Balaban J connectivity index is 2.20. The van der Waals surface area contributed by atoms with Crippen molar-refractivity contribution in [1.82, 2.24) is 0 Å². The third kappa shape index (κ3) is 4.08. The van der Waals surface area contributed by atoms with E-state index in [1.54, 1.807) is 7.11 Å². The van der Waals surface area contributed by atoms with E-state index in [0.717, 1.165) is 29.7 Å². The highest BCUT2D eigenvalue weighted by molar-refractivity contribution is 5.95. The third-order valence-electron chi connectivity index (χ3n) is 4.60. The van der Waals surface area contributed by atoms with E-state index in [4.69, 9.17) is 10.5 Å². The molecule has 0 spiro atoms. The molecular formula is C18H28N2O2. The Morgan fingerprint density at radius 3 is 2.64 bits per heavy atom. The normalized spacial score (nSPS) is 15.8. The van der Waals surface area contributed by atoms with Crippen LogP contribution < -0.4 is 10.6 Å². The summed E-state index contributed by atoms with van der Waals surface area (Å²) in [5.74, 6) is 0.414. The van der Waals surface area contributed by atoms with Gasteiger partial charge in [0.2, 0.25) is 5.91 Å². The molecule has 2 N–H and O–H groups in total. The average molecular weight is 304 g/mol. The summed E-state index contributed by atoms with van der Waals surface area (Å²) in [4.78, 5) is 14.8. The van der Waals surface area contributed by atoms with Crippen molar-refractivity contribution in [2.75, 3.05) is 25.2 Å².